The van der Waals surface area contributed by atoms with Crippen molar-refractivity contribution in [2.75, 3.05) is 6.54 Å². The number of hydroxylamine groups is 1. The number of hydrogen-bond donors (Lipinski definition) is 2. The van der Waals surface area contributed by atoms with Crippen molar-refractivity contribution >= 4 is 15.9 Å². The van der Waals surface area contributed by atoms with Gasteiger partial charge < -0.3 is 4.74 Å². The van der Waals surface area contributed by atoms with Gasteiger partial charge in [0.05, 0.1) is 4.90 Å². The van der Waals surface area contributed by atoms with Crippen LogP contribution in [-0.4, -0.2) is 36.4 Å². The van der Waals surface area contributed by atoms with Crippen LogP contribution >= 0.6 is 0 Å². The zero-order valence-electron chi connectivity index (χ0n) is 15.0. The van der Waals surface area contributed by atoms with Gasteiger partial charge in [-0.05, 0) is 56.2 Å². The fourth-order valence-corrected chi connectivity index (χ4v) is 4.74. The van der Waals surface area contributed by atoms with E-state index in [1.165, 1.54) is 12.1 Å². The van der Waals surface area contributed by atoms with Crippen molar-refractivity contribution in [2.45, 2.75) is 37.1 Å². The third-order valence-corrected chi connectivity index (χ3v) is 6.48. The molecule has 27 heavy (non-hydrogen) atoms. The molecule has 8 heteroatoms. The molecule has 0 saturated carbocycles. The van der Waals surface area contributed by atoms with Crippen molar-refractivity contribution in [3.63, 3.8) is 0 Å². The quantitative estimate of drug-likeness (QED) is 0.605. The van der Waals surface area contributed by atoms with E-state index in [4.69, 9.17) is 9.94 Å². The molecular formula is C19H22N2O5S. The number of ether oxygens (including phenoxy) is 1. The maximum absolute atomic E-state index is 12.9. The van der Waals surface area contributed by atoms with Crippen LogP contribution in [0, 0.1) is 6.92 Å². The average molecular weight is 390 g/mol. The van der Waals surface area contributed by atoms with E-state index in [0.717, 1.165) is 16.3 Å². The van der Waals surface area contributed by atoms with Crippen LogP contribution in [0.15, 0.2) is 53.4 Å². The van der Waals surface area contributed by atoms with Gasteiger partial charge in [-0.3, -0.25) is 10.0 Å². The summed E-state index contributed by atoms with van der Waals surface area (Å²) < 4.78 is 32.8. The van der Waals surface area contributed by atoms with E-state index in [-0.39, 0.29) is 11.4 Å². The Hall–Kier alpha value is -2.42. The van der Waals surface area contributed by atoms with Crippen LogP contribution < -0.4 is 10.2 Å². The summed E-state index contributed by atoms with van der Waals surface area (Å²) in [5.74, 6) is 0.464. The lowest BCUT2D eigenvalue weighted by Gasteiger charge is -2.33. The fraction of sp³-hybridized carbons (Fsp3) is 0.316. The topological polar surface area (TPSA) is 95.9 Å². The Balaban J connectivity index is 1.80. The highest BCUT2D eigenvalue weighted by atomic mass is 32.2. The van der Waals surface area contributed by atoms with Gasteiger partial charge in [-0.2, -0.15) is 4.31 Å². The number of sulfonamides is 1. The lowest BCUT2D eigenvalue weighted by atomic mass is 10.0. The summed E-state index contributed by atoms with van der Waals surface area (Å²) in [7, 11) is -3.86. The van der Waals surface area contributed by atoms with Crippen molar-refractivity contribution in [1.82, 2.24) is 9.79 Å². The summed E-state index contributed by atoms with van der Waals surface area (Å²) in [4.78, 5) is 11.9. The van der Waals surface area contributed by atoms with Gasteiger partial charge in [0.15, 0.2) is 0 Å². The smallest absolute Gasteiger partial charge is 0.261 e. The Kier molecular flexibility index (Phi) is 5.79. The van der Waals surface area contributed by atoms with Gasteiger partial charge in [0, 0.05) is 6.54 Å². The highest BCUT2D eigenvalue weighted by molar-refractivity contribution is 7.89. The van der Waals surface area contributed by atoms with Crippen LogP contribution in [0.25, 0.3) is 0 Å². The summed E-state index contributed by atoms with van der Waals surface area (Å²) >= 11 is 0. The van der Waals surface area contributed by atoms with Crippen LogP contribution in [0.1, 0.15) is 24.8 Å². The molecule has 1 amide bonds. The number of aryl methyl sites for hydroxylation is 1. The molecule has 144 valence electrons. The minimum absolute atomic E-state index is 0.0800. The van der Waals surface area contributed by atoms with E-state index < -0.39 is 22.0 Å². The first-order valence-corrected chi connectivity index (χ1v) is 10.2. The molecule has 0 aromatic heterocycles. The second-order valence-electron chi connectivity index (χ2n) is 6.49. The van der Waals surface area contributed by atoms with Crippen LogP contribution in [0.2, 0.25) is 0 Å². The van der Waals surface area contributed by atoms with E-state index in [1.54, 1.807) is 17.6 Å². The molecule has 0 spiro atoms. The molecule has 1 unspecified atom stereocenters. The van der Waals surface area contributed by atoms with Crippen LogP contribution in [0.4, 0.5) is 0 Å². The van der Waals surface area contributed by atoms with Gasteiger partial charge in [0.2, 0.25) is 10.0 Å². The molecule has 0 bridgehead atoms. The first kappa shape index (κ1) is 19.3. The molecule has 2 aromatic carbocycles. The predicted octanol–water partition coefficient (Wildman–Crippen LogP) is 2.84. The van der Waals surface area contributed by atoms with E-state index >= 15 is 0 Å². The van der Waals surface area contributed by atoms with Crippen molar-refractivity contribution in [1.29, 1.82) is 0 Å². The zero-order valence-corrected chi connectivity index (χ0v) is 15.8. The number of nitrogens with one attached hydrogen (secondary N) is 1. The molecule has 1 fully saturated rings. The summed E-state index contributed by atoms with van der Waals surface area (Å²) in [6, 6.07) is 12.7. The second-order valence-corrected chi connectivity index (χ2v) is 8.38. The van der Waals surface area contributed by atoms with E-state index in [9.17, 15) is 13.2 Å². The minimum Gasteiger partial charge on any atom is -0.457 e. The van der Waals surface area contributed by atoms with Crippen molar-refractivity contribution in [2.24, 2.45) is 0 Å². The SMILES string of the molecule is Cc1ccc(Oc2ccc(S(=O)(=O)N3CCCCC3C(=O)NO)cc2)cc1. The highest BCUT2D eigenvalue weighted by Crippen LogP contribution is 2.28. The second kappa shape index (κ2) is 8.08. The Morgan fingerprint density at radius 1 is 1.07 bits per heavy atom. The summed E-state index contributed by atoms with van der Waals surface area (Å²) in [5, 5.41) is 8.90. The Labute approximate surface area is 158 Å². The molecule has 3 rings (SSSR count). The first-order chi connectivity index (χ1) is 12.9. The fourth-order valence-electron chi connectivity index (χ4n) is 3.09. The van der Waals surface area contributed by atoms with Crippen molar-refractivity contribution in [3.8, 4) is 11.5 Å². The Bertz CT molecular complexity index is 895. The third kappa shape index (κ3) is 4.29. The number of carbonyl (C=O) groups is 1. The molecule has 7 nitrogen and oxygen atoms in total. The molecule has 1 saturated heterocycles. The largest absolute Gasteiger partial charge is 0.457 e. The van der Waals surface area contributed by atoms with E-state index in [0.29, 0.717) is 24.3 Å². The molecule has 2 N–H and O–H groups in total. The summed E-state index contributed by atoms with van der Waals surface area (Å²) in [6.45, 7) is 2.22. The molecular weight excluding hydrogens is 368 g/mol. The molecule has 1 heterocycles. The van der Waals surface area contributed by atoms with Crippen LogP contribution in [0.5, 0.6) is 11.5 Å². The van der Waals surface area contributed by atoms with Crippen molar-refractivity contribution < 1.29 is 23.2 Å². The number of amides is 1. The Morgan fingerprint density at radius 3 is 2.26 bits per heavy atom. The van der Waals surface area contributed by atoms with Crippen molar-refractivity contribution in [3.05, 3.63) is 54.1 Å². The Morgan fingerprint density at radius 2 is 1.67 bits per heavy atom. The van der Waals surface area contributed by atoms with E-state index in [1.807, 2.05) is 31.2 Å². The lowest BCUT2D eigenvalue weighted by molar-refractivity contribution is -0.134. The normalized spacial score (nSPS) is 18.1. The average Bonchev–Trinajstić information content (AvgIpc) is 2.69. The molecule has 2 aromatic rings. The van der Waals surface area contributed by atoms with Gasteiger partial charge in [0.1, 0.15) is 17.5 Å². The first-order valence-electron chi connectivity index (χ1n) is 8.72. The van der Waals surface area contributed by atoms with Gasteiger partial charge in [0.25, 0.3) is 5.91 Å². The zero-order chi connectivity index (χ0) is 19.4. The highest BCUT2D eigenvalue weighted by Gasteiger charge is 2.37. The van der Waals surface area contributed by atoms with E-state index in [2.05, 4.69) is 0 Å². The predicted molar refractivity (Wildman–Crippen MR) is 99.2 cm³/mol. The number of piperidine rings is 1. The van der Waals surface area contributed by atoms with Crippen LogP contribution in [0.3, 0.4) is 0 Å². The summed E-state index contributed by atoms with van der Waals surface area (Å²) in [5.41, 5.74) is 2.68. The van der Waals surface area contributed by atoms with Crippen LogP contribution in [-0.2, 0) is 14.8 Å². The number of hydrogen-bond acceptors (Lipinski definition) is 5. The third-order valence-electron chi connectivity index (χ3n) is 4.55. The number of carbonyl (C=O) groups excluding carboxylic acids is 1. The lowest BCUT2D eigenvalue weighted by Crippen LogP contribution is -2.51. The van der Waals surface area contributed by atoms with Gasteiger partial charge >= 0.3 is 0 Å². The minimum atomic E-state index is -3.86. The standard InChI is InChI=1S/C19H22N2O5S/c1-14-5-7-15(8-6-14)26-16-9-11-17(12-10-16)27(24,25)21-13-3-2-4-18(21)19(22)20-23/h5-12,18,23H,2-4,13H2,1H3,(H,20,22). The summed E-state index contributed by atoms with van der Waals surface area (Å²) in [6.07, 6.45) is 1.77. The number of benzene rings is 2. The number of nitrogens with zero attached hydrogens (tertiary/aromatic N) is 1. The molecule has 0 aliphatic carbocycles. The molecule has 0 radical (unpaired) electrons. The monoisotopic (exact) mass is 390 g/mol. The maximum Gasteiger partial charge on any atom is 0.261 e. The number of rotatable bonds is 5. The molecule has 1 aliphatic rings. The molecule has 1 aliphatic heterocycles. The van der Waals surface area contributed by atoms with Gasteiger partial charge in [-0.25, -0.2) is 13.9 Å². The molecule has 1 atom stereocenters. The van der Waals surface area contributed by atoms with Gasteiger partial charge in [-0.15, -0.1) is 0 Å². The van der Waals surface area contributed by atoms with Gasteiger partial charge in [-0.1, -0.05) is 24.1 Å². The maximum atomic E-state index is 12.9.